The molecule has 0 saturated carbocycles. The van der Waals surface area contributed by atoms with Crippen LogP contribution >= 0.6 is 11.8 Å². The van der Waals surface area contributed by atoms with Crippen LogP contribution in [0.5, 0.6) is 0 Å². The zero-order valence-corrected chi connectivity index (χ0v) is 13.7. The lowest BCUT2D eigenvalue weighted by Crippen LogP contribution is -2.12. The summed E-state index contributed by atoms with van der Waals surface area (Å²) >= 11 is 1.90. The van der Waals surface area contributed by atoms with Gasteiger partial charge in [-0.2, -0.15) is 0 Å². The predicted molar refractivity (Wildman–Crippen MR) is 91.1 cm³/mol. The molecule has 0 atom stereocenters. The molecular formula is C19H23NS. The zero-order chi connectivity index (χ0) is 14.7. The smallest absolute Gasteiger partial charge is 0.0216 e. The fourth-order valence-electron chi connectivity index (χ4n) is 2.94. The summed E-state index contributed by atoms with van der Waals surface area (Å²) in [7, 11) is 0. The molecule has 110 valence electrons. The van der Waals surface area contributed by atoms with E-state index >= 15 is 0 Å². The van der Waals surface area contributed by atoms with E-state index in [4.69, 9.17) is 0 Å². The minimum Gasteiger partial charge on any atom is -0.313 e. The van der Waals surface area contributed by atoms with Crippen LogP contribution in [0.25, 0.3) is 0 Å². The van der Waals surface area contributed by atoms with Gasteiger partial charge in [0.1, 0.15) is 0 Å². The molecule has 0 aliphatic heterocycles. The van der Waals surface area contributed by atoms with Crippen molar-refractivity contribution >= 4 is 11.8 Å². The SMILES string of the molecule is CCNCc1cc(C)ccc1Sc1ccc2c(c1)CCC2. The average molecular weight is 297 g/mol. The van der Waals surface area contributed by atoms with E-state index < -0.39 is 0 Å². The standard InChI is InChI=1S/C19H23NS/c1-3-20-13-17-11-14(2)7-10-19(17)21-18-9-8-15-5-4-6-16(15)12-18/h7-12,20H,3-6,13H2,1-2H3. The highest BCUT2D eigenvalue weighted by atomic mass is 32.2. The second kappa shape index (κ2) is 6.67. The molecule has 0 aromatic heterocycles. The van der Waals surface area contributed by atoms with Gasteiger partial charge in [0.2, 0.25) is 0 Å². The quantitative estimate of drug-likeness (QED) is 0.855. The van der Waals surface area contributed by atoms with Crippen molar-refractivity contribution in [3.05, 3.63) is 58.7 Å². The molecule has 2 heteroatoms. The molecule has 0 radical (unpaired) electrons. The normalized spacial score (nSPS) is 13.4. The molecule has 0 saturated heterocycles. The van der Waals surface area contributed by atoms with Crippen molar-refractivity contribution in [2.24, 2.45) is 0 Å². The fraction of sp³-hybridized carbons (Fsp3) is 0.368. The summed E-state index contributed by atoms with van der Waals surface area (Å²) in [6.45, 7) is 6.28. The number of hydrogen-bond acceptors (Lipinski definition) is 2. The third-order valence-electron chi connectivity index (χ3n) is 4.08. The van der Waals surface area contributed by atoms with Crippen LogP contribution in [0.15, 0.2) is 46.2 Å². The van der Waals surface area contributed by atoms with E-state index in [-0.39, 0.29) is 0 Å². The molecule has 1 aliphatic rings. The van der Waals surface area contributed by atoms with Gasteiger partial charge in [0, 0.05) is 16.3 Å². The van der Waals surface area contributed by atoms with Crippen molar-refractivity contribution in [1.29, 1.82) is 0 Å². The number of aryl methyl sites for hydroxylation is 3. The average Bonchev–Trinajstić information content (AvgIpc) is 2.95. The molecule has 3 rings (SSSR count). The topological polar surface area (TPSA) is 12.0 Å². The Morgan fingerprint density at radius 1 is 1.05 bits per heavy atom. The molecule has 0 spiro atoms. The Labute approximate surface area is 132 Å². The Morgan fingerprint density at radius 3 is 2.76 bits per heavy atom. The van der Waals surface area contributed by atoms with E-state index in [1.807, 2.05) is 11.8 Å². The first-order valence-electron chi connectivity index (χ1n) is 7.86. The van der Waals surface area contributed by atoms with Gasteiger partial charge in [0.25, 0.3) is 0 Å². The Kier molecular flexibility index (Phi) is 4.67. The first-order chi connectivity index (χ1) is 10.3. The van der Waals surface area contributed by atoms with E-state index in [0.29, 0.717) is 0 Å². The maximum Gasteiger partial charge on any atom is 0.0216 e. The lowest BCUT2D eigenvalue weighted by Gasteiger charge is -2.11. The van der Waals surface area contributed by atoms with Crippen molar-refractivity contribution in [2.75, 3.05) is 6.54 Å². The van der Waals surface area contributed by atoms with Crippen molar-refractivity contribution < 1.29 is 0 Å². The van der Waals surface area contributed by atoms with Crippen LogP contribution in [0.4, 0.5) is 0 Å². The molecule has 1 N–H and O–H groups in total. The van der Waals surface area contributed by atoms with Gasteiger partial charge >= 0.3 is 0 Å². The molecule has 1 nitrogen and oxygen atoms in total. The molecule has 0 amide bonds. The molecule has 2 aromatic carbocycles. The summed E-state index contributed by atoms with van der Waals surface area (Å²) in [6.07, 6.45) is 3.83. The summed E-state index contributed by atoms with van der Waals surface area (Å²) in [5.74, 6) is 0. The van der Waals surface area contributed by atoms with E-state index in [1.54, 1.807) is 11.1 Å². The van der Waals surface area contributed by atoms with Crippen LogP contribution in [-0.2, 0) is 19.4 Å². The first kappa shape index (κ1) is 14.7. The van der Waals surface area contributed by atoms with Crippen molar-refractivity contribution in [3.8, 4) is 0 Å². The van der Waals surface area contributed by atoms with Gasteiger partial charge in [-0.05, 0) is 67.6 Å². The molecule has 0 fully saturated rings. The third kappa shape index (κ3) is 3.50. The van der Waals surface area contributed by atoms with Crippen LogP contribution in [0.2, 0.25) is 0 Å². The van der Waals surface area contributed by atoms with E-state index in [2.05, 4.69) is 55.6 Å². The summed E-state index contributed by atoms with van der Waals surface area (Å²) in [6, 6.07) is 13.8. The third-order valence-corrected chi connectivity index (χ3v) is 5.19. The number of rotatable bonds is 5. The molecule has 0 heterocycles. The van der Waals surface area contributed by atoms with Crippen molar-refractivity contribution in [2.45, 2.75) is 49.4 Å². The highest BCUT2D eigenvalue weighted by Crippen LogP contribution is 2.34. The summed E-state index contributed by atoms with van der Waals surface area (Å²) < 4.78 is 0. The number of hydrogen-bond donors (Lipinski definition) is 1. The maximum absolute atomic E-state index is 3.45. The van der Waals surface area contributed by atoms with Gasteiger partial charge in [-0.25, -0.2) is 0 Å². The van der Waals surface area contributed by atoms with Crippen LogP contribution in [0.3, 0.4) is 0 Å². The molecule has 2 aromatic rings. The monoisotopic (exact) mass is 297 g/mol. The van der Waals surface area contributed by atoms with Gasteiger partial charge in [0.15, 0.2) is 0 Å². The van der Waals surface area contributed by atoms with Crippen molar-refractivity contribution in [1.82, 2.24) is 5.32 Å². The summed E-state index contributed by atoms with van der Waals surface area (Å²) in [4.78, 5) is 2.75. The molecule has 1 aliphatic carbocycles. The highest BCUT2D eigenvalue weighted by Gasteiger charge is 2.12. The van der Waals surface area contributed by atoms with Gasteiger partial charge in [-0.1, -0.05) is 42.4 Å². The molecule has 21 heavy (non-hydrogen) atoms. The van der Waals surface area contributed by atoms with Gasteiger partial charge in [0.05, 0.1) is 0 Å². The van der Waals surface area contributed by atoms with Gasteiger partial charge in [-0.3, -0.25) is 0 Å². The Balaban J connectivity index is 1.83. The maximum atomic E-state index is 3.45. The van der Waals surface area contributed by atoms with Crippen LogP contribution in [0, 0.1) is 6.92 Å². The predicted octanol–water partition coefficient (Wildman–Crippen LogP) is 4.74. The second-order valence-electron chi connectivity index (χ2n) is 5.78. The molecular weight excluding hydrogens is 274 g/mol. The second-order valence-corrected chi connectivity index (χ2v) is 6.89. The zero-order valence-electron chi connectivity index (χ0n) is 12.9. The van der Waals surface area contributed by atoms with E-state index in [9.17, 15) is 0 Å². The Bertz CT molecular complexity index is 633. The van der Waals surface area contributed by atoms with Gasteiger partial charge < -0.3 is 5.32 Å². The summed E-state index contributed by atoms with van der Waals surface area (Å²) in [5.41, 5.74) is 5.85. The number of benzene rings is 2. The van der Waals surface area contributed by atoms with Crippen LogP contribution in [-0.4, -0.2) is 6.54 Å². The van der Waals surface area contributed by atoms with E-state index in [1.165, 1.54) is 40.2 Å². The number of fused-ring (bicyclic) bond motifs is 1. The van der Waals surface area contributed by atoms with E-state index in [0.717, 1.165) is 13.1 Å². The fourth-order valence-corrected chi connectivity index (χ4v) is 3.93. The lowest BCUT2D eigenvalue weighted by atomic mass is 10.1. The summed E-state index contributed by atoms with van der Waals surface area (Å²) in [5, 5.41) is 3.45. The lowest BCUT2D eigenvalue weighted by molar-refractivity contribution is 0.717. The minimum absolute atomic E-state index is 0.950. The molecule has 0 bridgehead atoms. The Morgan fingerprint density at radius 2 is 1.90 bits per heavy atom. The van der Waals surface area contributed by atoms with Gasteiger partial charge in [-0.15, -0.1) is 0 Å². The first-order valence-corrected chi connectivity index (χ1v) is 8.68. The van der Waals surface area contributed by atoms with Crippen LogP contribution < -0.4 is 5.32 Å². The number of nitrogens with one attached hydrogen (secondary N) is 1. The Hall–Kier alpha value is -1.25. The molecule has 0 unspecified atom stereocenters. The largest absolute Gasteiger partial charge is 0.313 e. The van der Waals surface area contributed by atoms with Crippen molar-refractivity contribution in [3.63, 3.8) is 0 Å². The minimum atomic E-state index is 0.950. The highest BCUT2D eigenvalue weighted by molar-refractivity contribution is 7.99. The van der Waals surface area contributed by atoms with Crippen LogP contribution in [0.1, 0.15) is 35.6 Å².